The molecule has 7 heteroatoms. The number of hydrogen-bond acceptors (Lipinski definition) is 3. The second-order valence-electron chi connectivity index (χ2n) is 7.45. The zero-order valence-corrected chi connectivity index (χ0v) is 17.2. The van der Waals surface area contributed by atoms with Crippen LogP contribution in [0.25, 0.3) is 0 Å². The number of hydrogen-bond donors (Lipinski definition) is 1. The van der Waals surface area contributed by atoms with Gasteiger partial charge in [0.1, 0.15) is 23.1 Å². The largest absolute Gasteiger partial charge is 0.354 e. The van der Waals surface area contributed by atoms with Crippen molar-refractivity contribution in [1.82, 2.24) is 10.2 Å². The topological polar surface area (TPSA) is 49.4 Å². The summed E-state index contributed by atoms with van der Waals surface area (Å²) in [7, 11) is 0. The van der Waals surface area contributed by atoms with E-state index in [4.69, 9.17) is 0 Å². The van der Waals surface area contributed by atoms with Crippen LogP contribution >= 0.6 is 11.8 Å². The van der Waals surface area contributed by atoms with Gasteiger partial charge in [0.05, 0.1) is 0 Å². The summed E-state index contributed by atoms with van der Waals surface area (Å²) in [4.78, 5) is 27.5. The number of halogens is 2. The van der Waals surface area contributed by atoms with Crippen LogP contribution in [0.2, 0.25) is 0 Å². The van der Waals surface area contributed by atoms with E-state index in [1.165, 1.54) is 53.1 Å². The molecular weight excluding hydrogens is 394 g/mol. The maximum Gasteiger partial charge on any atom is 0.255 e. The van der Waals surface area contributed by atoms with Gasteiger partial charge in [0.15, 0.2) is 0 Å². The van der Waals surface area contributed by atoms with Gasteiger partial charge in [0.2, 0.25) is 5.91 Å². The molecule has 2 atom stereocenters. The fourth-order valence-corrected chi connectivity index (χ4v) is 4.64. The van der Waals surface area contributed by atoms with Gasteiger partial charge in [-0.3, -0.25) is 9.59 Å². The molecule has 1 N–H and O–H groups in total. The highest BCUT2D eigenvalue weighted by Gasteiger charge is 2.42. The molecular formula is C22H24F2N2O2S. The molecule has 4 nitrogen and oxygen atoms in total. The van der Waals surface area contributed by atoms with E-state index in [0.29, 0.717) is 18.2 Å². The highest BCUT2D eigenvalue weighted by Crippen LogP contribution is 2.42. The van der Waals surface area contributed by atoms with Crippen LogP contribution in [-0.4, -0.2) is 35.1 Å². The van der Waals surface area contributed by atoms with E-state index in [0.717, 1.165) is 12.0 Å². The van der Waals surface area contributed by atoms with E-state index in [1.807, 2.05) is 0 Å². The molecule has 29 heavy (non-hydrogen) atoms. The summed E-state index contributed by atoms with van der Waals surface area (Å²) in [6, 6.07) is 10.6. The Kier molecular flexibility index (Phi) is 6.90. The molecule has 2 unspecified atom stereocenters. The number of thioether (sulfide) groups is 1. The maximum absolute atomic E-state index is 13.7. The van der Waals surface area contributed by atoms with Crippen LogP contribution in [0.1, 0.15) is 41.6 Å². The third-order valence-electron chi connectivity index (χ3n) is 4.79. The molecule has 1 heterocycles. The predicted octanol–water partition coefficient (Wildman–Crippen LogP) is 4.38. The monoisotopic (exact) mass is 418 g/mol. The first-order chi connectivity index (χ1) is 13.9. The van der Waals surface area contributed by atoms with E-state index in [1.54, 1.807) is 12.1 Å². The molecule has 2 aromatic carbocycles. The number of nitrogens with zero attached hydrogens (tertiary/aromatic N) is 1. The molecule has 1 aliphatic heterocycles. The molecule has 154 valence electrons. The average Bonchev–Trinajstić information content (AvgIpc) is 3.12. The van der Waals surface area contributed by atoms with Gasteiger partial charge < -0.3 is 10.2 Å². The fraction of sp³-hybridized carbons (Fsp3) is 0.364. The minimum atomic E-state index is -0.682. The average molecular weight is 419 g/mol. The van der Waals surface area contributed by atoms with Crippen molar-refractivity contribution in [2.75, 3.05) is 12.3 Å². The van der Waals surface area contributed by atoms with E-state index < -0.39 is 23.1 Å². The maximum atomic E-state index is 13.7. The minimum Gasteiger partial charge on any atom is -0.354 e. The van der Waals surface area contributed by atoms with E-state index in [-0.39, 0.29) is 17.3 Å². The van der Waals surface area contributed by atoms with Gasteiger partial charge in [-0.15, -0.1) is 11.8 Å². The van der Waals surface area contributed by atoms with Crippen LogP contribution in [0, 0.1) is 17.6 Å². The predicted molar refractivity (Wildman–Crippen MR) is 110 cm³/mol. The third-order valence-corrected chi connectivity index (χ3v) is 6.11. The standard InChI is InChI=1S/C22H24F2N2O2S/c1-14(2)10-11-25-20(27)19-13-29-22(15-6-8-17(23)9-7-15)26(19)21(28)16-4-3-5-18(24)12-16/h3-9,12,14,19,22H,10-11,13H2,1-2H3,(H,25,27). The molecule has 1 saturated heterocycles. The molecule has 1 aliphatic rings. The van der Waals surface area contributed by atoms with Gasteiger partial charge in [0.25, 0.3) is 5.91 Å². The third kappa shape index (κ3) is 5.15. The van der Waals surface area contributed by atoms with Gasteiger partial charge in [-0.05, 0) is 48.2 Å². The molecule has 3 rings (SSSR count). The first kappa shape index (κ1) is 21.3. The lowest BCUT2D eigenvalue weighted by molar-refractivity contribution is -0.124. The summed E-state index contributed by atoms with van der Waals surface area (Å²) in [5, 5.41) is 2.45. The molecule has 0 aliphatic carbocycles. The Morgan fingerprint density at radius 3 is 2.52 bits per heavy atom. The van der Waals surface area contributed by atoms with Gasteiger partial charge in [-0.25, -0.2) is 8.78 Å². The normalized spacial score (nSPS) is 18.9. The van der Waals surface area contributed by atoms with Crippen LogP contribution in [0.4, 0.5) is 8.78 Å². The summed E-state index contributed by atoms with van der Waals surface area (Å²) in [6.45, 7) is 4.67. The van der Waals surface area contributed by atoms with E-state index in [2.05, 4.69) is 19.2 Å². The molecule has 2 aromatic rings. The molecule has 0 spiro atoms. The van der Waals surface area contributed by atoms with Crippen LogP contribution in [0.3, 0.4) is 0 Å². The molecule has 0 bridgehead atoms. The zero-order valence-electron chi connectivity index (χ0n) is 16.4. The number of carbonyl (C=O) groups excluding carboxylic acids is 2. The molecule has 0 saturated carbocycles. The molecule has 0 aromatic heterocycles. The summed E-state index contributed by atoms with van der Waals surface area (Å²) >= 11 is 1.44. The number of benzene rings is 2. The Balaban J connectivity index is 1.88. The summed E-state index contributed by atoms with van der Waals surface area (Å²) < 4.78 is 27.0. The quantitative estimate of drug-likeness (QED) is 0.757. The summed E-state index contributed by atoms with van der Waals surface area (Å²) in [6.07, 6.45) is 0.838. The van der Waals surface area contributed by atoms with Gasteiger partial charge in [-0.1, -0.05) is 32.0 Å². The number of amides is 2. The van der Waals surface area contributed by atoms with Gasteiger partial charge in [-0.2, -0.15) is 0 Å². The van der Waals surface area contributed by atoms with Crippen LogP contribution in [0.15, 0.2) is 48.5 Å². The lowest BCUT2D eigenvalue weighted by Crippen LogP contribution is -2.48. The van der Waals surface area contributed by atoms with Crippen molar-refractivity contribution >= 4 is 23.6 Å². The van der Waals surface area contributed by atoms with Crippen molar-refractivity contribution in [3.8, 4) is 0 Å². The Morgan fingerprint density at radius 1 is 1.14 bits per heavy atom. The number of nitrogens with one attached hydrogen (secondary N) is 1. The van der Waals surface area contributed by atoms with Gasteiger partial charge >= 0.3 is 0 Å². The van der Waals surface area contributed by atoms with Crippen LogP contribution < -0.4 is 5.32 Å². The number of rotatable bonds is 6. The van der Waals surface area contributed by atoms with E-state index in [9.17, 15) is 18.4 Å². The van der Waals surface area contributed by atoms with Crippen molar-refractivity contribution in [3.63, 3.8) is 0 Å². The van der Waals surface area contributed by atoms with E-state index >= 15 is 0 Å². The second kappa shape index (κ2) is 9.39. The minimum absolute atomic E-state index is 0.180. The first-order valence-corrected chi connectivity index (χ1v) is 10.6. The molecule has 2 amide bonds. The zero-order chi connectivity index (χ0) is 21.0. The lowest BCUT2D eigenvalue weighted by atomic mass is 10.1. The van der Waals surface area contributed by atoms with Crippen molar-refractivity contribution < 1.29 is 18.4 Å². The van der Waals surface area contributed by atoms with Crippen LogP contribution in [-0.2, 0) is 4.79 Å². The lowest BCUT2D eigenvalue weighted by Gasteiger charge is -2.29. The highest BCUT2D eigenvalue weighted by atomic mass is 32.2. The second-order valence-corrected chi connectivity index (χ2v) is 8.56. The Hall–Kier alpha value is -2.41. The Bertz CT molecular complexity index is 873. The Labute approximate surface area is 173 Å². The fourth-order valence-electron chi connectivity index (χ4n) is 3.21. The first-order valence-electron chi connectivity index (χ1n) is 9.60. The SMILES string of the molecule is CC(C)CCNC(=O)C1CSC(c2ccc(F)cc2)N1C(=O)c1cccc(F)c1. The van der Waals surface area contributed by atoms with Gasteiger partial charge in [0, 0.05) is 17.9 Å². The Morgan fingerprint density at radius 2 is 1.86 bits per heavy atom. The molecule has 1 fully saturated rings. The highest BCUT2D eigenvalue weighted by molar-refractivity contribution is 7.99. The van der Waals surface area contributed by atoms with Crippen molar-refractivity contribution in [2.45, 2.75) is 31.7 Å². The van der Waals surface area contributed by atoms with Crippen molar-refractivity contribution in [3.05, 3.63) is 71.3 Å². The van der Waals surface area contributed by atoms with Crippen molar-refractivity contribution in [1.29, 1.82) is 0 Å². The number of carbonyl (C=O) groups is 2. The van der Waals surface area contributed by atoms with Crippen LogP contribution in [0.5, 0.6) is 0 Å². The van der Waals surface area contributed by atoms with Crippen molar-refractivity contribution in [2.24, 2.45) is 5.92 Å². The molecule has 0 radical (unpaired) electrons. The summed E-state index contributed by atoms with van der Waals surface area (Å²) in [5.41, 5.74) is 0.901. The smallest absolute Gasteiger partial charge is 0.255 e. The summed E-state index contributed by atoms with van der Waals surface area (Å²) in [5.74, 6) is -0.677.